The maximum Gasteiger partial charge on any atom is 0.360 e. The number of hydrogen-bond acceptors (Lipinski definition) is 5. The smallest absolute Gasteiger partial charge is 0.360 e. The number of carbonyl (C=O) groups excluding carboxylic acids is 2. The molecule has 0 fully saturated rings. The van der Waals surface area contributed by atoms with E-state index in [1.165, 1.54) is 11.6 Å². The molecule has 2 aromatic carbocycles. The average molecular weight is 490 g/mol. The molecular formula is C24H25Cl2N3O4. The van der Waals surface area contributed by atoms with E-state index in [1.807, 2.05) is 13.8 Å². The van der Waals surface area contributed by atoms with Gasteiger partial charge in [-0.15, -0.1) is 0 Å². The molecule has 0 aliphatic heterocycles. The lowest BCUT2D eigenvalue weighted by Gasteiger charge is -2.19. The molecular weight excluding hydrogens is 465 g/mol. The Bertz CT molecular complexity index is 1260. The Kier molecular flexibility index (Phi) is 7.76. The van der Waals surface area contributed by atoms with Crippen molar-refractivity contribution in [2.45, 2.75) is 46.4 Å². The first-order chi connectivity index (χ1) is 15.6. The molecule has 9 heteroatoms. The van der Waals surface area contributed by atoms with Gasteiger partial charge in [-0.1, -0.05) is 61.3 Å². The van der Waals surface area contributed by atoms with E-state index in [9.17, 15) is 14.4 Å². The summed E-state index contributed by atoms with van der Waals surface area (Å²) in [6, 6.07) is 11.3. The molecule has 1 N–H and O–H groups in total. The van der Waals surface area contributed by atoms with Crippen LogP contribution in [0.5, 0.6) is 0 Å². The molecule has 7 nitrogen and oxygen atoms in total. The highest BCUT2D eigenvalue weighted by Crippen LogP contribution is 2.26. The molecule has 3 rings (SSSR count). The molecule has 33 heavy (non-hydrogen) atoms. The second-order valence-corrected chi connectivity index (χ2v) is 9.06. The van der Waals surface area contributed by atoms with Crippen LogP contribution in [0.15, 0.2) is 47.3 Å². The van der Waals surface area contributed by atoms with Gasteiger partial charge in [0.25, 0.3) is 11.5 Å². The van der Waals surface area contributed by atoms with Gasteiger partial charge in [-0.2, -0.15) is 5.10 Å². The van der Waals surface area contributed by atoms with Crippen LogP contribution in [-0.2, 0) is 16.1 Å². The molecule has 0 spiro atoms. The second-order valence-electron chi connectivity index (χ2n) is 8.22. The summed E-state index contributed by atoms with van der Waals surface area (Å²) >= 11 is 12.1. The molecule has 0 aliphatic carbocycles. The van der Waals surface area contributed by atoms with Crippen molar-refractivity contribution in [2.75, 3.05) is 0 Å². The highest BCUT2D eigenvalue weighted by atomic mass is 35.5. The summed E-state index contributed by atoms with van der Waals surface area (Å²) in [4.78, 5) is 38.4. The molecule has 1 heterocycles. The standard InChI is InChI=1S/C24H25Cl2N3O4/c1-13(2)12-29-23(31)19-8-6-5-7-18(19)21(28-29)24(32)33-15(4)22(30)27-14(3)17-10-9-16(25)11-20(17)26/h5-11,13-15H,12H2,1-4H3,(H,27,30). The van der Waals surface area contributed by atoms with E-state index in [-0.39, 0.29) is 17.2 Å². The summed E-state index contributed by atoms with van der Waals surface area (Å²) < 4.78 is 6.67. The molecule has 2 atom stereocenters. The Balaban J connectivity index is 1.81. The van der Waals surface area contributed by atoms with Crippen LogP contribution in [0.1, 0.15) is 49.8 Å². The maximum absolute atomic E-state index is 13.0. The minimum absolute atomic E-state index is 0.0145. The third kappa shape index (κ3) is 5.72. The SMILES string of the molecule is CC(C)Cn1nc(C(=O)OC(C)C(=O)NC(C)c2ccc(Cl)cc2Cl)c2ccccc2c1=O. The zero-order valence-corrected chi connectivity index (χ0v) is 20.3. The van der Waals surface area contributed by atoms with E-state index in [0.717, 1.165) is 0 Å². The van der Waals surface area contributed by atoms with Crippen molar-refractivity contribution in [1.82, 2.24) is 15.1 Å². The Hall–Kier alpha value is -2.90. The predicted molar refractivity (Wildman–Crippen MR) is 129 cm³/mol. The van der Waals surface area contributed by atoms with Gasteiger partial charge >= 0.3 is 5.97 Å². The van der Waals surface area contributed by atoms with E-state index < -0.39 is 24.0 Å². The van der Waals surface area contributed by atoms with Crippen LogP contribution in [-0.4, -0.2) is 27.8 Å². The summed E-state index contributed by atoms with van der Waals surface area (Å²) in [6.07, 6.45) is -1.10. The number of fused-ring (bicyclic) bond motifs is 1. The number of ether oxygens (including phenoxy) is 1. The monoisotopic (exact) mass is 489 g/mol. The minimum atomic E-state index is -1.10. The van der Waals surface area contributed by atoms with E-state index >= 15 is 0 Å². The molecule has 174 valence electrons. The average Bonchev–Trinajstić information content (AvgIpc) is 2.75. The number of hydrogen-bond donors (Lipinski definition) is 1. The molecule has 0 saturated heterocycles. The Labute approximate surface area is 201 Å². The van der Waals surface area contributed by atoms with Crippen LogP contribution in [0.3, 0.4) is 0 Å². The topological polar surface area (TPSA) is 90.3 Å². The highest BCUT2D eigenvalue weighted by molar-refractivity contribution is 6.35. The lowest BCUT2D eigenvalue weighted by Crippen LogP contribution is -2.38. The van der Waals surface area contributed by atoms with Crippen LogP contribution in [0.4, 0.5) is 0 Å². The van der Waals surface area contributed by atoms with Crippen LogP contribution < -0.4 is 10.9 Å². The lowest BCUT2D eigenvalue weighted by atomic mass is 10.1. The number of carbonyl (C=O) groups is 2. The Morgan fingerprint density at radius 3 is 2.36 bits per heavy atom. The number of rotatable bonds is 7. The van der Waals surface area contributed by atoms with Crippen molar-refractivity contribution in [3.8, 4) is 0 Å². The number of nitrogens with one attached hydrogen (secondary N) is 1. The summed E-state index contributed by atoms with van der Waals surface area (Å²) in [5.41, 5.74) is 0.385. The van der Waals surface area contributed by atoms with E-state index in [0.29, 0.717) is 32.9 Å². The third-order valence-electron chi connectivity index (χ3n) is 5.04. The summed E-state index contributed by atoms with van der Waals surface area (Å²) in [5, 5.41) is 8.68. The van der Waals surface area contributed by atoms with Gasteiger partial charge in [0.05, 0.1) is 11.4 Å². The van der Waals surface area contributed by atoms with E-state index in [1.54, 1.807) is 49.4 Å². The van der Waals surface area contributed by atoms with Gasteiger partial charge in [0.1, 0.15) is 0 Å². The minimum Gasteiger partial charge on any atom is -0.448 e. The fourth-order valence-electron chi connectivity index (χ4n) is 3.39. The van der Waals surface area contributed by atoms with Crippen molar-refractivity contribution in [3.63, 3.8) is 0 Å². The Morgan fingerprint density at radius 1 is 1.06 bits per heavy atom. The molecule has 1 aromatic heterocycles. The molecule has 0 aliphatic rings. The quantitative estimate of drug-likeness (QED) is 0.482. The molecule has 1 amide bonds. The maximum atomic E-state index is 13.0. The molecule has 0 radical (unpaired) electrons. The highest BCUT2D eigenvalue weighted by Gasteiger charge is 2.25. The number of benzene rings is 2. The fourth-order valence-corrected chi connectivity index (χ4v) is 3.96. The summed E-state index contributed by atoms with van der Waals surface area (Å²) in [6.45, 7) is 7.47. The molecule has 3 aromatic rings. The fraction of sp³-hybridized carbons (Fsp3) is 0.333. The van der Waals surface area contributed by atoms with Crippen LogP contribution in [0.2, 0.25) is 10.0 Å². The van der Waals surface area contributed by atoms with E-state index in [2.05, 4.69) is 10.4 Å². The van der Waals surface area contributed by atoms with Crippen LogP contribution >= 0.6 is 23.2 Å². The largest absolute Gasteiger partial charge is 0.448 e. The second kappa shape index (κ2) is 10.4. The lowest BCUT2D eigenvalue weighted by molar-refractivity contribution is -0.129. The van der Waals surface area contributed by atoms with Crippen molar-refractivity contribution in [1.29, 1.82) is 0 Å². The molecule has 0 bridgehead atoms. The number of aromatic nitrogens is 2. The van der Waals surface area contributed by atoms with Gasteiger partial charge in [0.15, 0.2) is 11.8 Å². The van der Waals surface area contributed by atoms with Gasteiger partial charge in [-0.3, -0.25) is 9.59 Å². The third-order valence-corrected chi connectivity index (χ3v) is 5.60. The van der Waals surface area contributed by atoms with Crippen molar-refractivity contribution < 1.29 is 14.3 Å². The van der Waals surface area contributed by atoms with Crippen molar-refractivity contribution in [2.24, 2.45) is 5.92 Å². The predicted octanol–water partition coefficient (Wildman–Crippen LogP) is 4.78. The van der Waals surface area contributed by atoms with Crippen LogP contribution in [0, 0.1) is 5.92 Å². The number of esters is 1. The molecule has 0 saturated carbocycles. The number of halogens is 2. The zero-order valence-electron chi connectivity index (χ0n) is 18.8. The Morgan fingerprint density at radius 2 is 1.73 bits per heavy atom. The summed E-state index contributed by atoms with van der Waals surface area (Å²) in [5.74, 6) is -1.14. The van der Waals surface area contributed by atoms with Crippen molar-refractivity contribution >= 4 is 45.9 Å². The first kappa shape index (κ1) is 24.7. The molecule has 2 unspecified atom stereocenters. The van der Waals surface area contributed by atoms with Gasteiger partial charge in [-0.05, 0) is 43.5 Å². The van der Waals surface area contributed by atoms with Gasteiger partial charge < -0.3 is 10.1 Å². The number of amides is 1. The van der Waals surface area contributed by atoms with Crippen molar-refractivity contribution in [3.05, 3.63) is 74.1 Å². The first-order valence-corrected chi connectivity index (χ1v) is 11.3. The van der Waals surface area contributed by atoms with E-state index in [4.69, 9.17) is 27.9 Å². The van der Waals surface area contributed by atoms with Crippen LogP contribution in [0.25, 0.3) is 10.8 Å². The normalized spacial score (nSPS) is 13.1. The summed E-state index contributed by atoms with van der Waals surface area (Å²) in [7, 11) is 0. The number of nitrogens with zero attached hydrogens (tertiary/aromatic N) is 2. The van der Waals surface area contributed by atoms with Gasteiger partial charge in [0, 0.05) is 22.0 Å². The van der Waals surface area contributed by atoms with Gasteiger partial charge in [0.2, 0.25) is 0 Å². The van der Waals surface area contributed by atoms with Gasteiger partial charge in [-0.25, -0.2) is 9.48 Å². The zero-order chi connectivity index (χ0) is 24.3. The first-order valence-electron chi connectivity index (χ1n) is 10.5.